The third-order valence-corrected chi connectivity index (χ3v) is 4.44. The van der Waals surface area contributed by atoms with Crippen molar-refractivity contribution < 1.29 is 14.2 Å². The number of terminal acetylenes is 1. The van der Waals surface area contributed by atoms with Crippen LogP contribution in [0.4, 0.5) is 0 Å². The van der Waals surface area contributed by atoms with Crippen LogP contribution < -0.4 is 10.4 Å². The van der Waals surface area contributed by atoms with Gasteiger partial charge in [0, 0.05) is 23.7 Å². The van der Waals surface area contributed by atoms with Crippen molar-refractivity contribution in [2.75, 3.05) is 26.4 Å². The summed E-state index contributed by atoms with van der Waals surface area (Å²) in [6, 6.07) is 7.64. The van der Waals surface area contributed by atoms with Crippen molar-refractivity contribution in [3.63, 3.8) is 0 Å². The highest BCUT2D eigenvalue weighted by atomic mass is 16.6. The molecule has 1 saturated heterocycles. The summed E-state index contributed by atoms with van der Waals surface area (Å²) in [7, 11) is 0. The van der Waals surface area contributed by atoms with Gasteiger partial charge in [-0.2, -0.15) is 4.98 Å². The summed E-state index contributed by atoms with van der Waals surface area (Å²) in [6.45, 7) is 2.53. The van der Waals surface area contributed by atoms with Crippen LogP contribution in [-0.2, 0) is 22.4 Å². The Bertz CT molecular complexity index is 891. The van der Waals surface area contributed by atoms with Gasteiger partial charge in [0.15, 0.2) is 0 Å². The maximum absolute atomic E-state index is 12.4. The first-order valence-electron chi connectivity index (χ1n) is 8.28. The molecule has 1 aromatic carbocycles. The summed E-state index contributed by atoms with van der Waals surface area (Å²) in [6.07, 6.45) is 6.10. The van der Waals surface area contributed by atoms with Gasteiger partial charge >= 0.3 is 5.69 Å². The van der Waals surface area contributed by atoms with E-state index in [9.17, 15) is 4.79 Å². The first-order valence-corrected chi connectivity index (χ1v) is 8.28. The molecule has 0 N–H and O–H groups in total. The van der Waals surface area contributed by atoms with Gasteiger partial charge in [-0.25, -0.2) is 4.79 Å². The summed E-state index contributed by atoms with van der Waals surface area (Å²) >= 11 is 0. The Morgan fingerprint density at radius 3 is 3.08 bits per heavy atom. The SMILES string of the molecule is C#Cc1ccc2c(c1)CCn1c-2cc(OCC2COCCO2)nc1=O. The van der Waals surface area contributed by atoms with Crippen molar-refractivity contribution in [2.45, 2.75) is 19.1 Å². The third-order valence-electron chi connectivity index (χ3n) is 4.44. The molecule has 3 heterocycles. The van der Waals surface area contributed by atoms with Crippen LogP contribution in [0.25, 0.3) is 11.3 Å². The fraction of sp³-hybridized carbons (Fsp3) is 0.368. The van der Waals surface area contributed by atoms with Crippen LogP contribution in [-0.4, -0.2) is 42.1 Å². The summed E-state index contributed by atoms with van der Waals surface area (Å²) < 4.78 is 18.3. The molecule has 0 radical (unpaired) electrons. The first-order chi connectivity index (χ1) is 12.2. The van der Waals surface area contributed by atoms with Crippen molar-refractivity contribution in [3.8, 4) is 29.5 Å². The number of aryl methyl sites for hydroxylation is 1. The minimum atomic E-state index is -0.306. The van der Waals surface area contributed by atoms with Crippen LogP contribution in [0.3, 0.4) is 0 Å². The predicted octanol–water partition coefficient (Wildman–Crippen LogP) is 1.24. The molecule has 2 aromatic rings. The zero-order valence-corrected chi connectivity index (χ0v) is 13.7. The van der Waals surface area contributed by atoms with Crippen molar-refractivity contribution in [1.82, 2.24) is 9.55 Å². The predicted molar refractivity (Wildman–Crippen MR) is 91.6 cm³/mol. The number of benzene rings is 1. The molecule has 0 amide bonds. The summed E-state index contributed by atoms with van der Waals surface area (Å²) in [5.74, 6) is 2.95. The average Bonchev–Trinajstić information content (AvgIpc) is 2.66. The Morgan fingerprint density at radius 1 is 1.36 bits per heavy atom. The standard InChI is InChI=1S/C19H18N2O4/c1-2-13-3-4-16-14(9-13)5-6-21-17(16)10-18(20-19(21)22)25-12-15-11-23-7-8-24-15/h1,3-4,9-10,15H,5-8,11-12H2. The molecule has 6 nitrogen and oxygen atoms in total. The van der Waals surface area contributed by atoms with E-state index in [0.29, 0.717) is 38.9 Å². The molecule has 1 fully saturated rings. The summed E-state index contributed by atoms with van der Waals surface area (Å²) in [4.78, 5) is 16.4. The zero-order valence-electron chi connectivity index (χ0n) is 13.7. The number of hydrogen-bond acceptors (Lipinski definition) is 5. The number of nitrogens with zero attached hydrogens (tertiary/aromatic N) is 2. The van der Waals surface area contributed by atoms with Crippen molar-refractivity contribution in [2.24, 2.45) is 0 Å². The van der Waals surface area contributed by atoms with E-state index in [0.717, 1.165) is 28.8 Å². The molecular formula is C19H18N2O4. The molecule has 1 unspecified atom stereocenters. The molecule has 1 aromatic heterocycles. The largest absolute Gasteiger partial charge is 0.475 e. The number of aromatic nitrogens is 2. The fourth-order valence-corrected chi connectivity index (χ4v) is 3.18. The Labute approximate surface area is 145 Å². The van der Waals surface area contributed by atoms with Gasteiger partial charge in [0.1, 0.15) is 12.7 Å². The highest BCUT2D eigenvalue weighted by molar-refractivity contribution is 5.67. The number of rotatable bonds is 3. The molecule has 2 aliphatic rings. The van der Waals surface area contributed by atoms with E-state index in [2.05, 4.69) is 10.9 Å². The Morgan fingerprint density at radius 2 is 2.28 bits per heavy atom. The maximum Gasteiger partial charge on any atom is 0.351 e. The lowest BCUT2D eigenvalue weighted by molar-refractivity contribution is -0.102. The van der Waals surface area contributed by atoms with Gasteiger partial charge in [0.25, 0.3) is 0 Å². The van der Waals surface area contributed by atoms with Crippen molar-refractivity contribution in [1.29, 1.82) is 0 Å². The molecule has 25 heavy (non-hydrogen) atoms. The van der Waals surface area contributed by atoms with Gasteiger partial charge in [-0.1, -0.05) is 12.0 Å². The summed E-state index contributed by atoms with van der Waals surface area (Å²) in [5, 5.41) is 0. The molecule has 1 atom stereocenters. The highest BCUT2D eigenvalue weighted by Crippen LogP contribution is 2.30. The first kappa shape index (κ1) is 15.9. The van der Waals surface area contributed by atoms with Crippen LogP contribution in [0.1, 0.15) is 11.1 Å². The van der Waals surface area contributed by atoms with E-state index in [1.807, 2.05) is 18.2 Å². The second-order valence-corrected chi connectivity index (χ2v) is 6.06. The van der Waals surface area contributed by atoms with Gasteiger partial charge in [0.2, 0.25) is 5.88 Å². The van der Waals surface area contributed by atoms with Crippen LogP contribution in [0, 0.1) is 12.3 Å². The maximum atomic E-state index is 12.4. The van der Waals surface area contributed by atoms with Gasteiger partial charge in [0.05, 0.1) is 25.5 Å². The molecule has 0 spiro atoms. The Balaban J connectivity index is 1.63. The summed E-state index contributed by atoms with van der Waals surface area (Å²) in [5.41, 5.74) is 3.47. The van der Waals surface area contributed by atoms with Crippen molar-refractivity contribution >= 4 is 0 Å². The van der Waals surface area contributed by atoms with Gasteiger partial charge in [-0.05, 0) is 24.1 Å². The lowest BCUT2D eigenvalue weighted by atomic mass is 9.96. The van der Waals surface area contributed by atoms with E-state index >= 15 is 0 Å². The molecule has 0 bridgehead atoms. The number of fused-ring (bicyclic) bond motifs is 3. The monoisotopic (exact) mass is 338 g/mol. The van der Waals surface area contributed by atoms with E-state index < -0.39 is 0 Å². The highest BCUT2D eigenvalue weighted by Gasteiger charge is 2.20. The Hall–Kier alpha value is -2.62. The topological polar surface area (TPSA) is 62.6 Å². The van der Waals surface area contributed by atoms with E-state index in [1.165, 1.54) is 0 Å². The van der Waals surface area contributed by atoms with Gasteiger partial charge < -0.3 is 14.2 Å². The van der Waals surface area contributed by atoms with E-state index in [4.69, 9.17) is 20.6 Å². The zero-order chi connectivity index (χ0) is 17.2. The second kappa shape index (κ2) is 6.71. The molecule has 2 aliphatic heterocycles. The van der Waals surface area contributed by atoms with Crippen LogP contribution in [0.2, 0.25) is 0 Å². The minimum absolute atomic E-state index is 0.139. The minimum Gasteiger partial charge on any atom is -0.475 e. The lowest BCUT2D eigenvalue weighted by Gasteiger charge is -2.24. The van der Waals surface area contributed by atoms with E-state index in [1.54, 1.807) is 10.6 Å². The van der Waals surface area contributed by atoms with Crippen LogP contribution in [0.5, 0.6) is 5.88 Å². The molecule has 0 aliphatic carbocycles. The van der Waals surface area contributed by atoms with Gasteiger partial charge in [-0.15, -0.1) is 6.42 Å². The van der Waals surface area contributed by atoms with E-state index in [-0.39, 0.29) is 11.8 Å². The van der Waals surface area contributed by atoms with Crippen molar-refractivity contribution in [3.05, 3.63) is 45.9 Å². The smallest absolute Gasteiger partial charge is 0.351 e. The normalized spacial score (nSPS) is 18.8. The van der Waals surface area contributed by atoms with Gasteiger partial charge in [-0.3, -0.25) is 4.57 Å². The fourth-order valence-electron chi connectivity index (χ4n) is 3.18. The van der Waals surface area contributed by atoms with Crippen LogP contribution >= 0.6 is 0 Å². The number of ether oxygens (including phenoxy) is 3. The van der Waals surface area contributed by atoms with Crippen LogP contribution in [0.15, 0.2) is 29.1 Å². The molecule has 6 heteroatoms. The average molecular weight is 338 g/mol. The third kappa shape index (κ3) is 3.16. The molecule has 4 rings (SSSR count). The quantitative estimate of drug-likeness (QED) is 0.788. The number of hydrogen-bond donors (Lipinski definition) is 0. The second-order valence-electron chi connectivity index (χ2n) is 6.06. The lowest BCUT2D eigenvalue weighted by Crippen LogP contribution is -2.34. The Kier molecular flexibility index (Phi) is 4.26. The molecular weight excluding hydrogens is 320 g/mol. The molecule has 0 saturated carbocycles. The molecule has 128 valence electrons.